The molecule has 0 spiro atoms. The average Bonchev–Trinajstić information content (AvgIpc) is 2.98. The highest BCUT2D eigenvalue weighted by atomic mass is 32.2. The quantitative estimate of drug-likeness (QED) is 0.561. The second-order valence-electron chi connectivity index (χ2n) is 4.50. The molecule has 0 radical (unpaired) electrons. The Kier molecular flexibility index (Phi) is 4.50. The number of carbonyl (C=O) groups excluding carboxylic acids is 1. The fraction of sp³-hybridized carbons (Fsp3) is 0.0625. The molecule has 0 fully saturated rings. The molecule has 6 heteroatoms. The summed E-state index contributed by atoms with van der Waals surface area (Å²) in [6.07, 6.45) is 0.606. The summed E-state index contributed by atoms with van der Waals surface area (Å²) in [7, 11) is 0. The fourth-order valence-corrected chi connectivity index (χ4v) is 2.75. The summed E-state index contributed by atoms with van der Waals surface area (Å²) in [5.41, 5.74) is 2.05. The molecule has 3 rings (SSSR count). The number of aromatic nitrogens is 3. The molecular weight excluding hydrogens is 296 g/mol. The fourth-order valence-electron chi connectivity index (χ4n) is 1.97. The molecule has 1 N–H and O–H groups in total. The molecule has 2 aromatic carbocycles. The lowest BCUT2D eigenvalue weighted by Gasteiger charge is -2.02. The Morgan fingerprint density at radius 1 is 1.05 bits per heavy atom. The molecule has 22 heavy (non-hydrogen) atoms. The monoisotopic (exact) mass is 310 g/mol. The molecular formula is C16H14N4OS. The molecule has 1 aromatic heterocycles. The average molecular weight is 310 g/mol. The molecule has 1 amide bonds. The summed E-state index contributed by atoms with van der Waals surface area (Å²) < 4.78 is 1.63. The number of rotatable bonds is 6. The van der Waals surface area contributed by atoms with Crippen LogP contribution in [0, 0.1) is 0 Å². The number of hydrogen-bond acceptors (Lipinski definition) is 4. The first-order valence-electron chi connectivity index (χ1n) is 6.76. The summed E-state index contributed by atoms with van der Waals surface area (Å²) in [5.74, 6) is 1.19. The zero-order valence-electron chi connectivity index (χ0n) is 11.7. The number of thioether (sulfide) groups is 1. The first-order valence-corrected chi connectivity index (χ1v) is 7.75. The number of benzene rings is 2. The van der Waals surface area contributed by atoms with Gasteiger partial charge in [0.2, 0.25) is 17.5 Å². The molecule has 0 bridgehead atoms. The minimum absolute atomic E-state index is 0.414. The van der Waals surface area contributed by atoms with Crippen LogP contribution >= 0.6 is 11.8 Å². The van der Waals surface area contributed by atoms with Crippen LogP contribution in [0.4, 0.5) is 5.95 Å². The first kappa shape index (κ1) is 14.3. The van der Waals surface area contributed by atoms with Gasteiger partial charge in [-0.05, 0) is 17.7 Å². The zero-order chi connectivity index (χ0) is 15.2. The Morgan fingerprint density at radius 3 is 2.41 bits per heavy atom. The van der Waals surface area contributed by atoms with Crippen molar-refractivity contribution in [1.82, 2.24) is 14.8 Å². The van der Waals surface area contributed by atoms with Gasteiger partial charge in [-0.3, -0.25) is 10.1 Å². The maximum Gasteiger partial charge on any atom is 0.233 e. The van der Waals surface area contributed by atoms with Crippen molar-refractivity contribution in [3.63, 3.8) is 0 Å². The van der Waals surface area contributed by atoms with Gasteiger partial charge in [0, 0.05) is 5.75 Å². The molecule has 3 aromatic rings. The van der Waals surface area contributed by atoms with Crippen molar-refractivity contribution in [3.8, 4) is 5.69 Å². The van der Waals surface area contributed by atoms with Crippen molar-refractivity contribution in [1.29, 1.82) is 0 Å². The van der Waals surface area contributed by atoms with Crippen molar-refractivity contribution in [2.45, 2.75) is 10.9 Å². The second-order valence-corrected chi connectivity index (χ2v) is 5.44. The smallest absolute Gasteiger partial charge is 0.233 e. The number of amides is 1. The minimum atomic E-state index is 0.414. The van der Waals surface area contributed by atoms with Crippen LogP contribution in [0.1, 0.15) is 5.56 Å². The summed E-state index contributed by atoms with van der Waals surface area (Å²) in [6.45, 7) is 0. The van der Waals surface area contributed by atoms with Crippen LogP contribution in [0.2, 0.25) is 0 Å². The van der Waals surface area contributed by atoms with E-state index in [-0.39, 0.29) is 0 Å². The van der Waals surface area contributed by atoms with Gasteiger partial charge in [-0.1, -0.05) is 60.3 Å². The van der Waals surface area contributed by atoms with Gasteiger partial charge in [0.05, 0.1) is 5.69 Å². The van der Waals surface area contributed by atoms with E-state index in [9.17, 15) is 4.79 Å². The largest absolute Gasteiger partial charge is 0.297 e. The molecule has 5 nitrogen and oxygen atoms in total. The number of para-hydroxylation sites is 1. The third kappa shape index (κ3) is 3.35. The Hall–Kier alpha value is -2.60. The molecule has 0 aliphatic heterocycles. The lowest BCUT2D eigenvalue weighted by molar-refractivity contribution is -0.105. The standard InChI is InChI=1S/C16H14N4OS/c21-12-17-15-18-16(22-11-13-7-3-1-4-8-13)19-20(15)14-9-5-2-6-10-14/h1-10,12H,11H2,(H,17,18,19,21). The van der Waals surface area contributed by atoms with Crippen molar-refractivity contribution < 1.29 is 4.79 Å². The maximum absolute atomic E-state index is 10.7. The van der Waals surface area contributed by atoms with Gasteiger partial charge < -0.3 is 0 Å². The van der Waals surface area contributed by atoms with Gasteiger partial charge in [0.25, 0.3) is 0 Å². The van der Waals surface area contributed by atoms with Crippen LogP contribution in [-0.2, 0) is 10.5 Å². The Bertz CT molecular complexity index is 743. The predicted molar refractivity (Wildman–Crippen MR) is 87.0 cm³/mol. The van der Waals surface area contributed by atoms with E-state index in [1.807, 2.05) is 48.5 Å². The van der Waals surface area contributed by atoms with Crippen LogP contribution in [0.15, 0.2) is 65.8 Å². The first-order chi connectivity index (χ1) is 10.9. The van der Waals surface area contributed by atoms with E-state index < -0.39 is 0 Å². The molecule has 0 saturated heterocycles. The Labute approximate surface area is 132 Å². The summed E-state index contributed by atoms with van der Waals surface area (Å²) in [6, 6.07) is 19.7. The van der Waals surface area contributed by atoms with Crippen LogP contribution in [0.5, 0.6) is 0 Å². The highest BCUT2D eigenvalue weighted by Gasteiger charge is 2.11. The molecule has 0 aliphatic carbocycles. The normalized spacial score (nSPS) is 10.4. The SMILES string of the molecule is O=CNc1nc(SCc2ccccc2)nn1-c1ccccc1. The van der Waals surface area contributed by atoms with E-state index in [0.29, 0.717) is 17.5 Å². The molecule has 0 atom stereocenters. The topological polar surface area (TPSA) is 59.8 Å². The summed E-state index contributed by atoms with van der Waals surface area (Å²) in [5, 5.41) is 7.67. The molecule has 110 valence electrons. The lowest BCUT2D eigenvalue weighted by Crippen LogP contribution is -2.04. The van der Waals surface area contributed by atoms with Crippen molar-refractivity contribution in [2.24, 2.45) is 0 Å². The highest BCUT2D eigenvalue weighted by Crippen LogP contribution is 2.23. The van der Waals surface area contributed by atoms with Gasteiger partial charge in [-0.15, -0.1) is 5.10 Å². The number of anilines is 1. The van der Waals surface area contributed by atoms with E-state index in [1.165, 1.54) is 17.3 Å². The van der Waals surface area contributed by atoms with Gasteiger partial charge in [-0.25, -0.2) is 0 Å². The van der Waals surface area contributed by atoms with Gasteiger partial charge >= 0.3 is 0 Å². The van der Waals surface area contributed by atoms with E-state index >= 15 is 0 Å². The second kappa shape index (κ2) is 6.91. The third-order valence-corrected chi connectivity index (χ3v) is 3.90. The summed E-state index contributed by atoms with van der Waals surface area (Å²) >= 11 is 1.53. The van der Waals surface area contributed by atoms with Crippen molar-refractivity contribution >= 4 is 24.1 Å². The number of carbonyl (C=O) groups is 1. The van der Waals surface area contributed by atoms with E-state index in [1.54, 1.807) is 4.68 Å². The Morgan fingerprint density at radius 2 is 1.73 bits per heavy atom. The predicted octanol–water partition coefficient (Wildman–Crippen LogP) is 3.13. The third-order valence-electron chi connectivity index (χ3n) is 2.99. The number of nitrogens with zero attached hydrogens (tertiary/aromatic N) is 3. The van der Waals surface area contributed by atoms with Crippen LogP contribution < -0.4 is 5.32 Å². The van der Waals surface area contributed by atoms with E-state index in [2.05, 4.69) is 27.5 Å². The molecule has 1 heterocycles. The molecule has 0 saturated carbocycles. The number of nitrogens with one attached hydrogen (secondary N) is 1. The highest BCUT2D eigenvalue weighted by molar-refractivity contribution is 7.98. The molecule has 0 unspecified atom stereocenters. The Balaban J connectivity index is 1.82. The lowest BCUT2D eigenvalue weighted by atomic mass is 10.2. The molecule has 0 aliphatic rings. The van der Waals surface area contributed by atoms with E-state index in [4.69, 9.17) is 0 Å². The van der Waals surface area contributed by atoms with Crippen LogP contribution in [0.25, 0.3) is 5.69 Å². The number of hydrogen-bond donors (Lipinski definition) is 1. The van der Waals surface area contributed by atoms with Crippen LogP contribution in [-0.4, -0.2) is 21.2 Å². The van der Waals surface area contributed by atoms with Crippen molar-refractivity contribution in [3.05, 3.63) is 66.2 Å². The van der Waals surface area contributed by atoms with Crippen molar-refractivity contribution in [2.75, 3.05) is 5.32 Å². The van der Waals surface area contributed by atoms with E-state index in [0.717, 1.165) is 11.4 Å². The van der Waals surface area contributed by atoms with Crippen LogP contribution in [0.3, 0.4) is 0 Å². The van der Waals surface area contributed by atoms with Gasteiger partial charge in [-0.2, -0.15) is 9.67 Å². The summed E-state index contributed by atoms with van der Waals surface area (Å²) in [4.78, 5) is 15.1. The van der Waals surface area contributed by atoms with Gasteiger partial charge in [0.15, 0.2) is 0 Å². The maximum atomic E-state index is 10.7. The zero-order valence-corrected chi connectivity index (χ0v) is 12.5. The minimum Gasteiger partial charge on any atom is -0.297 e. The van der Waals surface area contributed by atoms with Gasteiger partial charge in [0.1, 0.15) is 0 Å².